The number of nitrogens with one attached hydrogen (secondary N) is 2. The van der Waals surface area contributed by atoms with Gasteiger partial charge in [-0.15, -0.1) is 0 Å². The number of hydrogen-bond acceptors (Lipinski definition) is 6. The van der Waals surface area contributed by atoms with Crippen LogP contribution in [0.25, 0.3) is 22.2 Å². The molecule has 0 unspecified atom stereocenters. The zero-order chi connectivity index (χ0) is 25.4. The Hall–Kier alpha value is -3.63. The van der Waals surface area contributed by atoms with Gasteiger partial charge in [-0.1, -0.05) is 31.0 Å². The number of nitrogens with zero attached hydrogens (tertiary/aromatic N) is 1. The van der Waals surface area contributed by atoms with Crippen LogP contribution < -0.4 is 14.2 Å². The number of sulfonamides is 1. The highest BCUT2D eigenvalue weighted by atomic mass is 35.5. The SMILES string of the molecule is CCCCS(=O)(=O)Nc1cccc(C(=O)c2c[nH]c3ncc(-c4cc5c(cc4Cl)OCO5)cc23)c1F. The topological polar surface area (TPSA) is 110 Å². The molecule has 0 atom stereocenters. The first-order valence-corrected chi connectivity index (χ1v) is 13.2. The standard InChI is InChI=1S/C25H21ClFN3O5S/c1-2-3-7-36(32,33)30-20-6-4-5-15(23(20)27)24(31)18-12-29-25-17(18)8-14(11-28-25)16-9-21-22(10-19(16)26)35-13-34-21/h4-6,8-12,30H,2-3,7,13H2,1H3,(H,28,29). The van der Waals surface area contributed by atoms with Crippen molar-refractivity contribution in [1.29, 1.82) is 0 Å². The lowest BCUT2D eigenvalue weighted by Gasteiger charge is -2.11. The molecule has 36 heavy (non-hydrogen) atoms. The van der Waals surface area contributed by atoms with E-state index in [0.29, 0.717) is 51.5 Å². The van der Waals surface area contributed by atoms with Crippen LogP contribution in [0.3, 0.4) is 0 Å². The van der Waals surface area contributed by atoms with Crippen molar-refractivity contribution in [3.05, 3.63) is 70.8 Å². The van der Waals surface area contributed by atoms with Gasteiger partial charge < -0.3 is 14.5 Å². The summed E-state index contributed by atoms with van der Waals surface area (Å²) in [5.41, 5.74) is 1.32. The molecule has 0 aliphatic carbocycles. The fraction of sp³-hybridized carbons (Fsp3) is 0.200. The molecule has 2 N–H and O–H groups in total. The highest BCUT2D eigenvalue weighted by Crippen LogP contribution is 2.41. The molecule has 0 fully saturated rings. The third-order valence-corrected chi connectivity index (χ3v) is 7.49. The number of ether oxygens (including phenoxy) is 2. The van der Waals surface area contributed by atoms with Crippen LogP contribution in [0.5, 0.6) is 11.5 Å². The van der Waals surface area contributed by atoms with Crippen molar-refractivity contribution in [3.8, 4) is 22.6 Å². The van der Waals surface area contributed by atoms with Gasteiger partial charge in [-0.05, 0) is 30.7 Å². The molecule has 0 amide bonds. The number of carbonyl (C=O) groups excluding carboxylic acids is 1. The lowest BCUT2D eigenvalue weighted by molar-refractivity contribution is 0.103. The van der Waals surface area contributed by atoms with Gasteiger partial charge in [-0.2, -0.15) is 0 Å². The van der Waals surface area contributed by atoms with Crippen molar-refractivity contribution in [1.82, 2.24) is 9.97 Å². The Kier molecular flexibility index (Phi) is 6.31. The van der Waals surface area contributed by atoms with Gasteiger partial charge in [0.05, 0.1) is 22.0 Å². The smallest absolute Gasteiger partial charge is 0.232 e. The second-order valence-electron chi connectivity index (χ2n) is 8.28. The second-order valence-corrected chi connectivity index (χ2v) is 10.5. The average molecular weight is 530 g/mol. The first kappa shape index (κ1) is 24.1. The molecule has 0 bridgehead atoms. The summed E-state index contributed by atoms with van der Waals surface area (Å²) >= 11 is 6.44. The van der Waals surface area contributed by atoms with E-state index in [4.69, 9.17) is 21.1 Å². The number of hydrogen-bond donors (Lipinski definition) is 2. The van der Waals surface area contributed by atoms with Crippen LogP contribution in [0.1, 0.15) is 35.7 Å². The Bertz CT molecular complexity index is 1600. The maximum Gasteiger partial charge on any atom is 0.232 e. The summed E-state index contributed by atoms with van der Waals surface area (Å²) in [5.74, 6) is -0.625. The molecule has 1 aliphatic rings. The molecule has 186 valence electrons. The fourth-order valence-electron chi connectivity index (χ4n) is 3.96. The van der Waals surface area contributed by atoms with Crippen LogP contribution in [-0.2, 0) is 10.0 Å². The maximum absolute atomic E-state index is 15.3. The van der Waals surface area contributed by atoms with Crippen LogP contribution in [0.2, 0.25) is 5.02 Å². The summed E-state index contributed by atoms with van der Waals surface area (Å²) in [6.45, 7) is 1.96. The molecule has 4 aromatic rings. The van der Waals surface area contributed by atoms with Crippen molar-refractivity contribution in [2.75, 3.05) is 17.3 Å². The minimum absolute atomic E-state index is 0.0995. The number of aromatic nitrogens is 2. The fourth-order valence-corrected chi connectivity index (χ4v) is 5.49. The number of H-pyrrole nitrogens is 1. The predicted molar refractivity (Wildman–Crippen MR) is 135 cm³/mol. The molecule has 0 radical (unpaired) electrons. The van der Waals surface area contributed by atoms with E-state index in [1.54, 1.807) is 24.4 Å². The number of halogens is 2. The van der Waals surface area contributed by atoms with E-state index >= 15 is 4.39 Å². The number of aromatic amines is 1. The number of ketones is 1. The number of benzene rings is 2. The van der Waals surface area contributed by atoms with E-state index in [0.717, 1.165) is 0 Å². The Morgan fingerprint density at radius 2 is 1.97 bits per heavy atom. The van der Waals surface area contributed by atoms with Crippen LogP contribution in [0, 0.1) is 5.82 Å². The quantitative estimate of drug-likeness (QED) is 0.291. The Labute approximate surface area is 211 Å². The second kappa shape index (κ2) is 9.44. The van der Waals surface area contributed by atoms with Gasteiger partial charge in [0.1, 0.15) is 5.65 Å². The Morgan fingerprint density at radius 1 is 1.19 bits per heavy atom. The molecule has 5 rings (SSSR count). The van der Waals surface area contributed by atoms with Gasteiger partial charge in [0.15, 0.2) is 23.1 Å². The number of carbonyl (C=O) groups is 1. The van der Waals surface area contributed by atoms with Crippen molar-refractivity contribution in [2.24, 2.45) is 0 Å². The first-order chi connectivity index (χ1) is 17.3. The number of fused-ring (bicyclic) bond motifs is 2. The average Bonchev–Trinajstić information content (AvgIpc) is 3.49. The van der Waals surface area contributed by atoms with Gasteiger partial charge in [0.2, 0.25) is 16.8 Å². The highest BCUT2D eigenvalue weighted by Gasteiger charge is 2.23. The minimum atomic E-state index is -3.74. The van der Waals surface area contributed by atoms with Crippen LogP contribution in [0.15, 0.2) is 48.8 Å². The highest BCUT2D eigenvalue weighted by molar-refractivity contribution is 7.92. The van der Waals surface area contributed by atoms with E-state index in [1.165, 1.54) is 24.4 Å². The van der Waals surface area contributed by atoms with Gasteiger partial charge >= 0.3 is 0 Å². The van der Waals surface area contributed by atoms with Gasteiger partial charge in [-0.3, -0.25) is 9.52 Å². The van der Waals surface area contributed by atoms with E-state index in [-0.39, 0.29) is 29.4 Å². The third-order valence-electron chi connectivity index (χ3n) is 5.82. The summed E-state index contributed by atoms with van der Waals surface area (Å²) < 4.78 is 52.8. The monoisotopic (exact) mass is 529 g/mol. The number of anilines is 1. The molecule has 2 aromatic carbocycles. The van der Waals surface area contributed by atoms with E-state index in [2.05, 4.69) is 14.7 Å². The van der Waals surface area contributed by atoms with Gasteiger partial charge in [0.25, 0.3) is 0 Å². The van der Waals surface area contributed by atoms with Crippen LogP contribution >= 0.6 is 11.6 Å². The third kappa shape index (κ3) is 4.49. The summed E-state index contributed by atoms with van der Waals surface area (Å²) in [4.78, 5) is 20.7. The van der Waals surface area contributed by atoms with Crippen molar-refractivity contribution >= 4 is 44.1 Å². The zero-order valence-electron chi connectivity index (χ0n) is 19.1. The van der Waals surface area contributed by atoms with Crippen LogP contribution in [-0.4, -0.2) is 36.7 Å². The van der Waals surface area contributed by atoms with Gasteiger partial charge in [0, 0.05) is 40.5 Å². The lowest BCUT2D eigenvalue weighted by atomic mass is 10.00. The molecule has 3 heterocycles. The largest absolute Gasteiger partial charge is 0.454 e. The molecule has 0 saturated carbocycles. The number of pyridine rings is 1. The van der Waals surface area contributed by atoms with E-state index in [9.17, 15) is 13.2 Å². The van der Waals surface area contributed by atoms with Crippen LogP contribution in [0.4, 0.5) is 10.1 Å². The Balaban J connectivity index is 1.51. The molecule has 11 heteroatoms. The summed E-state index contributed by atoms with van der Waals surface area (Å²) in [7, 11) is -3.74. The zero-order valence-corrected chi connectivity index (χ0v) is 20.7. The summed E-state index contributed by atoms with van der Waals surface area (Å²) in [6.07, 6.45) is 4.16. The first-order valence-electron chi connectivity index (χ1n) is 11.2. The van der Waals surface area contributed by atoms with E-state index in [1.807, 2.05) is 6.92 Å². The molecular formula is C25H21ClFN3O5S. The minimum Gasteiger partial charge on any atom is -0.454 e. The summed E-state index contributed by atoms with van der Waals surface area (Å²) in [5, 5.41) is 0.873. The molecule has 2 aromatic heterocycles. The Morgan fingerprint density at radius 3 is 2.75 bits per heavy atom. The molecule has 8 nitrogen and oxygen atoms in total. The summed E-state index contributed by atoms with van der Waals surface area (Å²) in [6, 6.07) is 9.13. The number of rotatable bonds is 8. The number of unbranched alkanes of at least 4 members (excludes halogenated alkanes) is 1. The van der Waals surface area contributed by atoms with Gasteiger partial charge in [-0.25, -0.2) is 17.8 Å². The van der Waals surface area contributed by atoms with Crippen molar-refractivity contribution in [2.45, 2.75) is 19.8 Å². The van der Waals surface area contributed by atoms with Crippen molar-refractivity contribution in [3.63, 3.8) is 0 Å². The predicted octanol–water partition coefficient (Wildman–Crippen LogP) is 5.52. The lowest BCUT2D eigenvalue weighted by Crippen LogP contribution is -2.18. The van der Waals surface area contributed by atoms with Crippen molar-refractivity contribution < 1.29 is 27.1 Å². The maximum atomic E-state index is 15.3. The normalized spacial score (nSPS) is 12.8. The molecule has 0 spiro atoms. The molecule has 0 saturated heterocycles. The molecule has 1 aliphatic heterocycles. The molecular weight excluding hydrogens is 509 g/mol. The van der Waals surface area contributed by atoms with E-state index < -0.39 is 21.6 Å².